The number of nitrogens with one attached hydrogen (secondary N) is 2. The number of fused-ring (bicyclic) bond motifs is 1. The lowest BCUT2D eigenvalue weighted by Crippen LogP contribution is -2.31. The van der Waals surface area contributed by atoms with E-state index in [0.29, 0.717) is 23.7 Å². The minimum atomic E-state index is -0.243. The van der Waals surface area contributed by atoms with E-state index in [4.69, 9.17) is 9.47 Å². The number of hydrogen-bond donors (Lipinski definition) is 2. The van der Waals surface area contributed by atoms with E-state index in [0.717, 1.165) is 25.9 Å². The Morgan fingerprint density at radius 2 is 1.86 bits per heavy atom. The molecule has 0 aromatic heterocycles. The number of rotatable bonds is 8. The third-order valence-corrected chi connectivity index (χ3v) is 5.16. The molecule has 0 fully saturated rings. The van der Waals surface area contributed by atoms with Gasteiger partial charge in [0.1, 0.15) is 11.5 Å². The number of carbonyl (C=O) groups excluding carboxylic acids is 1. The van der Waals surface area contributed by atoms with Gasteiger partial charge in [-0.1, -0.05) is 19.1 Å². The molecule has 2 amide bonds. The van der Waals surface area contributed by atoms with Crippen LogP contribution in [0.15, 0.2) is 36.4 Å². The van der Waals surface area contributed by atoms with Gasteiger partial charge in [0.15, 0.2) is 0 Å². The van der Waals surface area contributed by atoms with Gasteiger partial charge in [-0.05, 0) is 42.9 Å². The van der Waals surface area contributed by atoms with Gasteiger partial charge in [-0.3, -0.25) is 0 Å². The molecule has 0 bridgehead atoms. The van der Waals surface area contributed by atoms with Crippen LogP contribution in [-0.4, -0.2) is 39.9 Å². The molecular formula is C23H31N3O3. The van der Waals surface area contributed by atoms with Crippen molar-refractivity contribution in [2.45, 2.75) is 32.6 Å². The van der Waals surface area contributed by atoms with Crippen LogP contribution in [0.1, 0.15) is 30.9 Å². The third-order valence-electron chi connectivity index (χ3n) is 5.16. The molecule has 6 heteroatoms. The third kappa shape index (κ3) is 5.56. The normalized spacial score (nSPS) is 12.9. The Bertz CT molecular complexity index is 816. The Labute approximate surface area is 173 Å². The Hall–Kier alpha value is -2.89. The van der Waals surface area contributed by atoms with Gasteiger partial charge >= 0.3 is 6.03 Å². The van der Waals surface area contributed by atoms with E-state index in [1.54, 1.807) is 32.4 Å². The number of methoxy groups -OCH3 is 2. The predicted molar refractivity (Wildman–Crippen MR) is 118 cm³/mol. The number of aryl methyl sites for hydroxylation is 1. The van der Waals surface area contributed by atoms with E-state index in [1.165, 1.54) is 29.7 Å². The van der Waals surface area contributed by atoms with Crippen molar-refractivity contribution in [2.75, 3.05) is 44.1 Å². The predicted octanol–water partition coefficient (Wildman–Crippen LogP) is 4.23. The second-order valence-electron chi connectivity index (χ2n) is 7.29. The number of benzene rings is 2. The molecular weight excluding hydrogens is 366 g/mol. The number of ether oxygens (including phenoxy) is 2. The zero-order chi connectivity index (χ0) is 20.6. The van der Waals surface area contributed by atoms with E-state index in [1.807, 2.05) is 0 Å². The Morgan fingerprint density at radius 3 is 2.55 bits per heavy atom. The van der Waals surface area contributed by atoms with Crippen molar-refractivity contribution >= 4 is 17.4 Å². The molecule has 6 nitrogen and oxygen atoms in total. The molecule has 3 rings (SSSR count). The Morgan fingerprint density at radius 1 is 1.10 bits per heavy atom. The smallest absolute Gasteiger partial charge is 0.319 e. The summed E-state index contributed by atoms with van der Waals surface area (Å²) in [5.41, 5.74) is 4.68. The van der Waals surface area contributed by atoms with Crippen molar-refractivity contribution in [1.82, 2.24) is 5.32 Å². The average molecular weight is 398 g/mol. The summed E-state index contributed by atoms with van der Waals surface area (Å²) in [6.07, 6.45) is 4.31. The summed E-state index contributed by atoms with van der Waals surface area (Å²) in [5.74, 6) is 1.26. The number of nitrogens with zero attached hydrogens (tertiary/aromatic N) is 1. The lowest BCUT2D eigenvalue weighted by molar-refractivity contribution is 0.252. The first-order valence-electron chi connectivity index (χ1n) is 10.3. The van der Waals surface area contributed by atoms with Crippen molar-refractivity contribution in [3.63, 3.8) is 0 Å². The molecule has 29 heavy (non-hydrogen) atoms. The minimum absolute atomic E-state index is 0.243. The first kappa shape index (κ1) is 20.8. The molecule has 156 valence electrons. The first-order chi connectivity index (χ1) is 14.1. The van der Waals surface area contributed by atoms with Gasteiger partial charge in [0.25, 0.3) is 0 Å². The van der Waals surface area contributed by atoms with E-state index < -0.39 is 0 Å². The molecule has 0 aliphatic carbocycles. The van der Waals surface area contributed by atoms with Crippen LogP contribution in [0.2, 0.25) is 0 Å². The van der Waals surface area contributed by atoms with Crippen LogP contribution >= 0.6 is 0 Å². The van der Waals surface area contributed by atoms with Crippen LogP contribution in [-0.2, 0) is 12.8 Å². The summed E-state index contributed by atoms with van der Waals surface area (Å²) >= 11 is 0. The lowest BCUT2D eigenvalue weighted by atomic mass is 9.98. The van der Waals surface area contributed by atoms with Crippen molar-refractivity contribution in [3.05, 3.63) is 47.5 Å². The highest BCUT2D eigenvalue weighted by Gasteiger charge is 2.16. The minimum Gasteiger partial charge on any atom is -0.497 e. The molecule has 1 aliphatic rings. The van der Waals surface area contributed by atoms with E-state index in [-0.39, 0.29) is 6.03 Å². The highest BCUT2D eigenvalue weighted by Crippen LogP contribution is 2.28. The van der Waals surface area contributed by atoms with E-state index in [9.17, 15) is 4.79 Å². The highest BCUT2D eigenvalue weighted by molar-refractivity contribution is 5.89. The second kappa shape index (κ2) is 10.0. The second-order valence-corrected chi connectivity index (χ2v) is 7.29. The van der Waals surface area contributed by atoms with Gasteiger partial charge in [-0.15, -0.1) is 0 Å². The van der Waals surface area contributed by atoms with Crippen LogP contribution in [0.25, 0.3) is 0 Å². The molecule has 1 aliphatic heterocycles. The van der Waals surface area contributed by atoms with Crippen molar-refractivity contribution < 1.29 is 14.3 Å². The molecule has 0 spiro atoms. The molecule has 0 saturated carbocycles. The van der Waals surface area contributed by atoms with Crippen LogP contribution in [0.5, 0.6) is 11.5 Å². The lowest BCUT2D eigenvalue weighted by Gasteiger charge is -2.31. The molecule has 0 atom stereocenters. The van der Waals surface area contributed by atoms with Crippen molar-refractivity contribution in [2.24, 2.45) is 0 Å². The van der Waals surface area contributed by atoms with Gasteiger partial charge in [0.05, 0.1) is 14.2 Å². The van der Waals surface area contributed by atoms with E-state index in [2.05, 4.69) is 40.7 Å². The number of hydrogen-bond acceptors (Lipinski definition) is 4. The maximum absolute atomic E-state index is 12.2. The molecule has 2 aromatic carbocycles. The quantitative estimate of drug-likeness (QED) is 0.700. The largest absolute Gasteiger partial charge is 0.497 e. The maximum Gasteiger partial charge on any atom is 0.319 e. The Balaban J connectivity index is 1.53. The van der Waals surface area contributed by atoms with Crippen LogP contribution < -0.4 is 25.0 Å². The van der Waals surface area contributed by atoms with Gasteiger partial charge in [0, 0.05) is 49.2 Å². The number of urea groups is 1. The maximum atomic E-state index is 12.2. The molecule has 2 N–H and O–H groups in total. The van der Waals surface area contributed by atoms with Crippen LogP contribution in [0.3, 0.4) is 0 Å². The SMILES string of the molecule is CCCN1CCCc2cc(CCNC(=O)Nc3cc(OC)cc(OC)c3)ccc21. The highest BCUT2D eigenvalue weighted by atomic mass is 16.5. The van der Waals surface area contributed by atoms with Gasteiger partial charge in [0.2, 0.25) is 0 Å². The monoisotopic (exact) mass is 397 g/mol. The number of carbonyl (C=O) groups is 1. The van der Waals surface area contributed by atoms with E-state index >= 15 is 0 Å². The first-order valence-corrected chi connectivity index (χ1v) is 10.3. The summed E-state index contributed by atoms with van der Waals surface area (Å²) in [4.78, 5) is 14.7. The summed E-state index contributed by atoms with van der Waals surface area (Å²) in [5, 5.41) is 5.75. The van der Waals surface area contributed by atoms with Gasteiger partial charge in [-0.2, -0.15) is 0 Å². The fourth-order valence-corrected chi connectivity index (χ4v) is 3.76. The molecule has 1 heterocycles. The average Bonchev–Trinajstić information content (AvgIpc) is 2.73. The summed E-state index contributed by atoms with van der Waals surface area (Å²) in [6, 6.07) is 11.8. The zero-order valence-corrected chi connectivity index (χ0v) is 17.6. The summed E-state index contributed by atoms with van der Waals surface area (Å²) in [7, 11) is 3.16. The fourth-order valence-electron chi connectivity index (χ4n) is 3.76. The Kier molecular flexibility index (Phi) is 7.22. The van der Waals surface area contributed by atoms with Crippen LogP contribution in [0, 0.1) is 0 Å². The van der Waals surface area contributed by atoms with Gasteiger partial charge < -0.3 is 25.0 Å². The summed E-state index contributed by atoms with van der Waals surface area (Å²) in [6.45, 7) is 5.06. The topological polar surface area (TPSA) is 62.8 Å². The summed E-state index contributed by atoms with van der Waals surface area (Å²) < 4.78 is 10.5. The van der Waals surface area contributed by atoms with Gasteiger partial charge in [-0.25, -0.2) is 4.79 Å². The fraction of sp³-hybridized carbons (Fsp3) is 0.435. The van der Waals surface area contributed by atoms with Crippen molar-refractivity contribution in [1.29, 1.82) is 0 Å². The molecule has 0 unspecified atom stereocenters. The molecule has 0 saturated heterocycles. The number of anilines is 2. The standard InChI is InChI=1S/C23H31N3O3/c1-4-11-26-12-5-6-18-13-17(7-8-22(18)26)9-10-24-23(27)25-19-14-20(28-2)16-21(15-19)29-3/h7-8,13-16H,4-6,9-12H2,1-3H3,(H2,24,25,27). The molecule has 2 aromatic rings. The van der Waals surface area contributed by atoms with Crippen molar-refractivity contribution in [3.8, 4) is 11.5 Å². The zero-order valence-electron chi connectivity index (χ0n) is 17.6. The van der Waals surface area contributed by atoms with Crippen LogP contribution in [0.4, 0.5) is 16.2 Å². The molecule has 0 radical (unpaired) electrons. The number of amides is 2.